The van der Waals surface area contributed by atoms with Crippen molar-refractivity contribution in [2.45, 2.75) is 30.7 Å². The van der Waals surface area contributed by atoms with Crippen molar-refractivity contribution in [3.63, 3.8) is 0 Å². The highest BCUT2D eigenvalue weighted by Crippen LogP contribution is 2.51. The van der Waals surface area contributed by atoms with E-state index in [1.807, 2.05) is 18.2 Å². The number of rotatable bonds is 3. The van der Waals surface area contributed by atoms with Gasteiger partial charge in [0.05, 0.1) is 0 Å². The van der Waals surface area contributed by atoms with Crippen LogP contribution in [0.5, 0.6) is 0 Å². The van der Waals surface area contributed by atoms with Crippen molar-refractivity contribution >= 4 is 24.0 Å². The number of hydrogen-bond acceptors (Lipinski definition) is 1. The van der Waals surface area contributed by atoms with E-state index in [4.69, 9.17) is 17.3 Å². The number of hydrogen-bond donors (Lipinski definition) is 1. The Morgan fingerprint density at radius 1 is 0.950 bits per heavy atom. The Morgan fingerprint density at radius 3 is 2.05 bits per heavy atom. The lowest BCUT2D eigenvalue weighted by molar-refractivity contribution is 0.196. The van der Waals surface area contributed by atoms with Crippen LogP contribution in [0, 0.1) is 0 Å². The second-order valence-electron chi connectivity index (χ2n) is 5.40. The van der Waals surface area contributed by atoms with Gasteiger partial charge in [-0.2, -0.15) is 0 Å². The molecule has 2 aromatic carbocycles. The van der Waals surface area contributed by atoms with Gasteiger partial charge in [0, 0.05) is 16.5 Å². The van der Waals surface area contributed by atoms with Crippen molar-refractivity contribution in [1.82, 2.24) is 0 Å². The van der Waals surface area contributed by atoms with Gasteiger partial charge in [0.2, 0.25) is 0 Å². The fourth-order valence-electron chi connectivity index (χ4n) is 3.10. The standard InChI is InChI=1S/C17H18ClN.ClH/c18-15-9-7-14(8-10-15)17(11-4-12-17)16(19)13-5-2-1-3-6-13;/h1-3,5-10,16H,4,11-12,19H2;1H. The zero-order valence-corrected chi connectivity index (χ0v) is 12.8. The Hall–Kier alpha value is -1.02. The van der Waals surface area contributed by atoms with Crippen molar-refractivity contribution in [3.05, 3.63) is 70.7 Å². The minimum Gasteiger partial charge on any atom is -0.323 e. The van der Waals surface area contributed by atoms with Gasteiger partial charge in [-0.1, -0.05) is 60.5 Å². The zero-order valence-electron chi connectivity index (χ0n) is 11.3. The van der Waals surface area contributed by atoms with E-state index in [2.05, 4.69) is 36.4 Å². The van der Waals surface area contributed by atoms with Crippen LogP contribution in [0.2, 0.25) is 5.02 Å². The molecule has 0 amide bonds. The van der Waals surface area contributed by atoms with E-state index in [0.29, 0.717) is 0 Å². The van der Waals surface area contributed by atoms with Crippen LogP contribution >= 0.6 is 24.0 Å². The molecule has 1 atom stereocenters. The average Bonchev–Trinajstić information content (AvgIpc) is 2.40. The molecule has 0 heterocycles. The number of benzene rings is 2. The van der Waals surface area contributed by atoms with Gasteiger partial charge in [-0.05, 0) is 36.1 Å². The Labute approximate surface area is 131 Å². The molecule has 0 spiro atoms. The summed E-state index contributed by atoms with van der Waals surface area (Å²) in [6.45, 7) is 0. The van der Waals surface area contributed by atoms with Crippen LogP contribution in [0.15, 0.2) is 54.6 Å². The highest BCUT2D eigenvalue weighted by atomic mass is 35.5. The molecule has 0 bridgehead atoms. The first-order valence-electron chi connectivity index (χ1n) is 6.79. The van der Waals surface area contributed by atoms with Crippen molar-refractivity contribution < 1.29 is 0 Å². The Bertz CT molecular complexity index is 547. The molecular weight excluding hydrogens is 289 g/mol. The summed E-state index contributed by atoms with van der Waals surface area (Å²) in [6, 6.07) is 18.7. The molecule has 2 N–H and O–H groups in total. The molecule has 1 aliphatic rings. The van der Waals surface area contributed by atoms with E-state index < -0.39 is 0 Å². The van der Waals surface area contributed by atoms with Gasteiger partial charge >= 0.3 is 0 Å². The first-order valence-corrected chi connectivity index (χ1v) is 7.17. The summed E-state index contributed by atoms with van der Waals surface area (Å²) in [7, 11) is 0. The van der Waals surface area contributed by atoms with Gasteiger partial charge in [0.15, 0.2) is 0 Å². The summed E-state index contributed by atoms with van der Waals surface area (Å²) in [5.41, 5.74) is 9.20. The van der Waals surface area contributed by atoms with Gasteiger partial charge in [-0.25, -0.2) is 0 Å². The van der Waals surface area contributed by atoms with Crippen LogP contribution in [0.25, 0.3) is 0 Å². The fourth-order valence-corrected chi connectivity index (χ4v) is 3.22. The molecule has 0 aliphatic heterocycles. The molecule has 20 heavy (non-hydrogen) atoms. The first-order chi connectivity index (χ1) is 9.22. The quantitative estimate of drug-likeness (QED) is 0.859. The molecule has 3 heteroatoms. The van der Waals surface area contributed by atoms with E-state index in [1.165, 1.54) is 17.5 Å². The van der Waals surface area contributed by atoms with Crippen LogP contribution in [-0.2, 0) is 5.41 Å². The third kappa shape index (κ3) is 2.58. The molecule has 0 saturated heterocycles. The number of halogens is 2. The van der Waals surface area contributed by atoms with Crippen LogP contribution in [-0.4, -0.2) is 0 Å². The predicted molar refractivity (Wildman–Crippen MR) is 87.6 cm³/mol. The Morgan fingerprint density at radius 2 is 1.55 bits per heavy atom. The summed E-state index contributed by atoms with van der Waals surface area (Å²) >= 11 is 5.99. The maximum atomic E-state index is 6.57. The average molecular weight is 308 g/mol. The van der Waals surface area contributed by atoms with Gasteiger partial charge in [0.25, 0.3) is 0 Å². The molecule has 1 saturated carbocycles. The molecule has 0 radical (unpaired) electrons. The number of nitrogens with two attached hydrogens (primary N) is 1. The summed E-state index contributed by atoms with van der Waals surface area (Å²) in [6.07, 6.45) is 3.57. The highest BCUT2D eigenvalue weighted by molar-refractivity contribution is 6.30. The lowest BCUT2D eigenvalue weighted by atomic mass is 9.59. The van der Waals surface area contributed by atoms with E-state index in [1.54, 1.807) is 0 Å². The molecule has 1 aliphatic carbocycles. The third-order valence-corrected chi connectivity index (χ3v) is 4.67. The summed E-state index contributed by atoms with van der Waals surface area (Å²) in [4.78, 5) is 0. The van der Waals surface area contributed by atoms with E-state index in [9.17, 15) is 0 Å². The SMILES string of the molecule is Cl.NC(c1ccccc1)C1(c2ccc(Cl)cc2)CCC1. The molecule has 106 valence electrons. The largest absolute Gasteiger partial charge is 0.323 e. The van der Waals surface area contributed by atoms with Crippen LogP contribution in [0.4, 0.5) is 0 Å². The molecule has 3 rings (SSSR count). The monoisotopic (exact) mass is 307 g/mol. The van der Waals surface area contributed by atoms with Crippen LogP contribution in [0.1, 0.15) is 36.4 Å². The van der Waals surface area contributed by atoms with Gasteiger partial charge in [-0.15, -0.1) is 12.4 Å². The van der Waals surface area contributed by atoms with Crippen molar-refractivity contribution in [2.75, 3.05) is 0 Å². The maximum Gasteiger partial charge on any atom is 0.0406 e. The molecule has 1 fully saturated rings. The molecule has 2 aromatic rings. The fraction of sp³-hybridized carbons (Fsp3) is 0.294. The molecule has 1 unspecified atom stereocenters. The van der Waals surface area contributed by atoms with Crippen molar-refractivity contribution in [2.24, 2.45) is 5.73 Å². The van der Waals surface area contributed by atoms with E-state index >= 15 is 0 Å². The Kier molecular flexibility index (Phi) is 4.74. The van der Waals surface area contributed by atoms with Gasteiger partial charge < -0.3 is 5.73 Å². The molecule has 0 aromatic heterocycles. The van der Waals surface area contributed by atoms with Crippen LogP contribution < -0.4 is 5.73 Å². The van der Waals surface area contributed by atoms with Gasteiger partial charge in [-0.3, -0.25) is 0 Å². The second kappa shape index (κ2) is 6.17. The predicted octanol–water partition coefficient (Wildman–Crippen LogP) is 4.88. The minimum atomic E-state index is 0. The zero-order chi connectivity index (χ0) is 13.3. The Balaban J connectivity index is 0.00000147. The van der Waals surface area contributed by atoms with Crippen molar-refractivity contribution in [1.29, 1.82) is 0 Å². The van der Waals surface area contributed by atoms with Crippen molar-refractivity contribution in [3.8, 4) is 0 Å². The molecule has 1 nitrogen and oxygen atoms in total. The van der Waals surface area contributed by atoms with Crippen LogP contribution in [0.3, 0.4) is 0 Å². The maximum absolute atomic E-state index is 6.57. The van der Waals surface area contributed by atoms with E-state index in [-0.39, 0.29) is 23.9 Å². The van der Waals surface area contributed by atoms with Gasteiger partial charge in [0.1, 0.15) is 0 Å². The lowest BCUT2D eigenvalue weighted by Gasteiger charge is -2.47. The smallest absolute Gasteiger partial charge is 0.0406 e. The summed E-state index contributed by atoms with van der Waals surface area (Å²) < 4.78 is 0. The van der Waals surface area contributed by atoms with E-state index in [0.717, 1.165) is 17.9 Å². The lowest BCUT2D eigenvalue weighted by Crippen LogP contribution is -2.44. The minimum absolute atomic E-state index is 0. The topological polar surface area (TPSA) is 26.0 Å². The molecular formula is C17H19Cl2N. The highest BCUT2D eigenvalue weighted by Gasteiger charge is 2.44. The second-order valence-corrected chi connectivity index (χ2v) is 5.84. The normalized spacial score (nSPS) is 17.7. The summed E-state index contributed by atoms with van der Waals surface area (Å²) in [5.74, 6) is 0. The summed E-state index contributed by atoms with van der Waals surface area (Å²) in [5, 5.41) is 0.784. The third-order valence-electron chi connectivity index (χ3n) is 4.42. The first kappa shape index (κ1) is 15.4.